The number of hydrogen-bond acceptors (Lipinski definition) is 4. The number of rotatable bonds is 8. The Morgan fingerprint density at radius 1 is 1.25 bits per heavy atom. The minimum atomic E-state index is -0.0211. The Morgan fingerprint density at radius 2 is 2.00 bits per heavy atom. The molecule has 2 atom stereocenters. The lowest BCUT2D eigenvalue weighted by Crippen LogP contribution is -2.58. The fourth-order valence-electron chi connectivity index (χ4n) is 4.11. The smallest absolute Gasteiger partial charge is 0.237 e. The number of amides is 1. The monoisotopic (exact) mass is 339 g/mol. The third-order valence-electron chi connectivity index (χ3n) is 5.91. The van der Waals surface area contributed by atoms with E-state index in [1.807, 2.05) is 0 Å². The summed E-state index contributed by atoms with van der Waals surface area (Å²) >= 11 is 0. The summed E-state index contributed by atoms with van der Waals surface area (Å²) in [4.78, 5) is 17.4. The highest BCUT2D eigenvalue weighted by atomic mass is 16.5. The van der Waals surface area contributed by atoms with E-state index in [0.29, 0.717) is 12.0 Å². The molecule has 0 radical (unpaired) electrons. The molecular formula is C19H37N3O2. The molecule has 24 heavy (non-hydrogen) atoms. The summed E-state index contributed by atoms with van der Waals surface area (Å²) in [5.41, 5.74) is 0. The Morgan fingerprint density at radius 3 is 2.67 bits per heavy atom. The van der Waals surface area contributed by atoms with Gasteiger partial charge in [-0.25, -0.2) is 0 Å². The molecular weight excluding hydrogens is 302 g/mol. The molecule has 0 aromatic carbocycles. The molecule has 1 aliphatic heterocycles. The zero-order valence-electron chi connectivity index (χ0n) is 15.9. The van der Waals surface area contributed by atoms with Gasteiger partial charge in [0.2, 0.25) is 5.91 Å². The van der Waals surface area contributed by atoms with Crippen LogP contribution in [-0.4, -0.2) is 74.2 Å². The molecule has 5 nitrogen and oxygen atoms in total. The average Bonchev–Trinajstić information content (AvgIpc) is 2.64. The van der Waals surface area contributed by atoms with E-state index in [-0.39, 0.29) is 11.9 Å². The maximum absolute atomic E-state index is 12.5. The number of nitrogens with one attached hydrogen (secondary N) is 1. The fraction of sp³-hybridized carbons (Fsp3) is 0.947. The van der Waals surface area contributed by atoms with E-state index < -0.39 is 0 Å². The van der Waals surface area contributed by atoms with Gasteiger partial charge in [-0.2, -0.15) is 0 Å². The Labute approximate surface area is 148 Å². The maximum atomic E-state index is 12.5. The van der Waals surface area contributed by atoms with E-state index in [1.165, 1.54) is 32.1 Å². The maximum Gasteiger partial charge on any atom is 0.237 e. The van der Waals surface area contributed by atoms with Crippen molar-refractivity contribution in [2.75, 3.05) is 46.4 Å². The van der Waals surface area contributed by atoms with Crippen LogP contribution in [0.1, 0.15) is 52.4 Å². The van der Waals surface area contributed by atoms with Crippen LogP contribution in [0.4, 0.5) is 0 Å². The van der Waals surface area contributed by atoms with Crippen LogP contribution in [-0.2, 0) is 9.53 Å². The second-order valence-electron chi connectivity index (χ2n) is 7.51. The molecule has 2 rings (SSSR count). The fourth-order valence-corrected chi connectivity index (χ4v) is 4.11. The summed E-state index contributed by atoms with van der Waals surface area (Å²) in [6, 6.07) is 0.509. The van der Waals surface area contributed by atoms with E-state index in [9.17, 15) is 4.79 Å². The molecule has 0 unspecified atom stereocenters. The van der Waals surface area contributed by atoms with Crippen LogP contribution in [0, 0.1) is 5.92 Å². The normalized spacial score (nSPS) is 25.5. The summed E-state index contributed by atoms with van der Waals surface area (Å²) in [6.45, 7) is 9.93. The lowest BCUT2D eigenvalue weighted by Gasteiger charge is -2.43. The molecule has 1 saturated heterocycles. The first-order valence-corrected chi connectivity index (χ1v) is 9.90. The van der Waals surface area contributed by atoms with Crippen molar-refractivity contribution in [3.8, 4) is 0 Å². The minimum absolute atomic E-state index is 0.0211. The van der Waals surface area contributed by atoms with Crippen LogP contribution in [0.25, 0.3) is 0 Å². The van der Waals surface area contributed by atoms with Gasteiger partial charge in [-0.05, 0) is 32.1 Å². The lowest BCUT2D eigenvalue weighted by molar-refractivity contribution is -0.127. The lowest BCUT2D eigenvalue weighted by atomic mass is 9.89. The third-order valence-corrected chi connectivity index (χ3v) is 5.91. The van der Waals surface area contributed by atoms with Crippen LogP contribution < -0.4 is 5.32 Å². The van der Waals surface area contributed by atoms with Gasteiger partial charge in [0.1, 0.15) is 0 Å². The first kappa shape index (κ1) is 19.7. The first-order chi connectivity index (χ1) is 11.7. The van der Waals surface area contributed by atoms with Crippen LogP contribution >= 0.6 is 0 Å². The molecule has 0 aromatic rings. The van der Waals surface area contributed by atoms with Gasteiger partial charge < -0.3 is 10.1 Å². The Balaban J connectivity index is 1.76. The Hall–Kier alpha value is -0.650. The van der Waals surface area contributed by atoms with Crippen molar-refractivity contribution in [1.82, 2.24) is 15.1 Å². The van der Waals surface area contributed by atoms with E-state index in [1.54, 1.807) is 7.11 Å². The predicted octanol–water partition coefficient (Wildman–Crippen LogP) is 2.11. The summed E-state index contributed by atoms with van der Waals surface area (Å²) < 4.78 is 5.22. The van der Waals surface area contributed by atoms with Crippen LogP contribution in [0.5, 0.6) is 0 Å². The highest BCUT2D eigenvalue weighted by Gasteiger charge is 2.30. The molecule has 140 valence electrons. The van der Waals surface area contributed by atoms with Gasteiger partial charge in [0.15, 0.2) is 0 Å². The standard InChI is InChI=1S/C19H37N3O2/c1-4-18-15-22(11-10-21(18)12-13-24-3)16(2)19(23)20-14-17-8-6-5-7-9-17/h16-18H,4-15H2,1-3H3,(H,20,23)/t16-,18-/m1/s1. The van der Waals surface area contributed by atoms with Crippen molar-refractivity contribution >= 4 is 5.91 Å². The highest BCUT2D eigenvalue weighted by molar-refractivity contribution is 5.81. The van der Waals surface area contributed by atoms with Gasteiger partial charge in [-0.15, -0.1) is 0 Å². The van der Waals surface area contributed by atoms with E-state index in [4.69, 9.17) is 4.74 Å². The van der Waals surface area contributed by atoms with Gasteiger partial charge in [0.05, 0.1) is 12.6 Å². The van der Waals surface area contributed by atoms with Crippen molar-refractivity contribution < 1.29 is 9.53 Å². The average molecular weight is 340 g/mol. The van der Waals surface area contributed by atoms with Crippen LogP contribution in [0.15, 0.2) is 0 Å². The second-order valence-corrected chi connectivity index (χ2v) is 7.51. The SMILES string of the molecule is CC[C@@H]1CN([C@H](C)C(=O)NCC2CCCCC2)CCN1CCOC. The Kier molecular flexibility index (Phi) is 8.50. The van der Waals surface area contributed by atoms with E-state index >= 15 is 0 Å². The second kappa shape index (κ2) is 10.4. The summed E-state index contributed by atoms with van der Waals surface area (Å²) in [5, 5.41) is 3.21. The Bertz CT molecular complexity index is 372. The number of nitrogens with zero attached hydrogens (tertiary/aromatic N) is 2. The van der Waals surface area contributed by atoms with Crippen LogP contribution in [0.3, 0.4) is 0 Å². The molecule has 1 N–H and O–H groups in total. The van der Waals surface area contributed by atoms with Crippen molar-refractivity contribution in [3.05, 3.63) is 0 Å². The van der Waals surface area contributed by atoms with Crippen molar-refractivity contribution in [2.45, 2.75) is 64.5 Å². The molecule has 0 spiro atoms. The molecule has 1 saturated carbocycles. The summed E-state index contributed by atoms with van der Waals surface area (Å²) in [6.07, 6.45) is 7.72. The molecule has 2 aliphatic rings. The van der Waals surface area contributed by atoms with Gasteiger partial charge in [0, 0.05) is 45.9 Å². The van der Waals surface area contributed by atoms with Gasteiger partial charge in [-0.3, -0.25) is 14.6 Å². The van der Waals surface area contributed by atoms with Gasteiger partial charge in [0.25, 0.3) is 0 Å². The third kappa shape index (κ3) is 5.71. The summed E-state index contributed by atoms with van der Waals surface area (Å²) in [5.74, 6) is 0.907. The molecule has 0 aromatic heterocycles. The number of piperazine rings is 1. The number of carbonyl (C=O) groups excluding carboxylic acids is 1. The zero-order valence-corrected chi connectivity index (χ0v) is 15.9. The van der Waals surface area contributed by atoms with Crippen molar-refractivity contribution in [3.63, 3.8) is 0 Å². The zero-order chi connectivity index (χ0) is 17.4. The summed E-state index contributed by atoms with van der Waals surface area (Å²) in [7, 11) is 1.76. The topological polar surface area (TPSA) is 44.8 Å². The number of methoxy groups -OCH3 is 1. The molecule has 1 amide bonds. The molecule has 2 fully saturated rings. The van der Waals surface area contributed by atoms with Crippen LogP contribution in [0.2, 0.25) is 0 Å². The van der Waals surface area contributed by atoms with Gasteiger partial charge >= 0.3 is 0 Å². The number of carbonyl (C=O) groups is 1. The minimum Gasteiger partial charge on any atom is -0.383 e. The highest BCUT2D eigenvalue weighted by Crippen LogP contribution is 2.23. The number of hydrogen-bond donors (Lipinski definition) is 1. The van der Waals surface area contributed by atoms with Crippen molar-refractivity contribution in [2.24, 2.45) is 5.92 Å². The molecule has 1 heterocycles. The van der Waals surface area contributed by atoms with Crippen molar-refractivity contribution in [1.29, 1.82) is 0 Å². The largest absolute Gasteiger partial charge is 0.383 e. The van der Waals surface area contributed by atoms with Gasteiger partial charge in [-0.1, -0.05) is 26.2 Å². The number of ether oxygens (including phenoxy) is 1. The van der Waals surface area contributed by atoms with E-state index in [0.717, 1.165) is 45.8 Å². The van der Waals surface area contributed by atoms with E-state index in [2.05, 4.69) is 29.0 Å². The molecule has 1 aliphatic carbocycles. The molecule has 0 bridgehead atoms. The quantitative estimate of drug-likeness (QED) is 0.736. The first-order valence-electron chi connectivity index (χ1n) is 9.90. The molecule has 5 heteroatoms. The predicted molar refractivity (Wildman–Crippen MR) is 98.1 cm³/mol.